The Hall–Kier alpha value is -4.28. The minimum Gasteiger partial charge on any atom is -0.497 e. The van der Waals surface area contributed by atoms with Crippen LogP contribution in [0.4, 0.5) is 10.8 Å². The van der Waals surface area contributed by atoms with Crippen molar-refractivity contribution in [3.8, 4) is 5.75 Å². The van der Waals surface area contributed by atoms with Crippen LogP contribution < -0.4 is 13.9 Å². The molecule has 0 N–H and O–H groups in total. The summed E-state index contributed by atoms with van der Waals surface area (Å²) < 4.78 is 34.9. The van der Waals surface area contributed by atoms with Gasteiger partial charge in [-0.2, -0.15) is 0 Å². The lowest BCUT2D eigenvalue weighted by molar-refractivity contribution is 0.0984. The van der Waals surface area contributed by atoms with Crippen LogP contribution in [-0.4, -0.2) is 37.9 Å². The maximum atomic E-state index is 13.9. The van der Waals surface area contributed by atoms with Crippen LogP contribution in [0.2, 0.25) is 0 Å². The van der Waals surface area contributed by atoms with Crippen molar-refractivity contribution in [2.24, 2.45) is 0 Å². The second kappa shape index (κ2) is 10.7. The Labute approximate surface area is 236 Å². The Balaban J connectivity index is 1.33. The molecule has 1 amide bonds. The molecule has 0 radical (unpaired) electrons. The molecule has 0 saturated heterocycles. The van der Waals surface area contributed by atoms with E-state index in [0.717, 1.165) is 28.6 Å². The number of nitrogens with zero attached hydrogens (tertiary/aromatic N) is 4. The summed E-state index contributed by atoms with van der Waals surface area (Å²) in [7, 11) is -2.18. The lowest BCUT2D eigenvalue weighted by atomic mass is 10.0. The second-order valence-electron chi connectivity index (χ2n) is 9.38. The van der Waals surface area contributed by atoms with Gasteiger partial charge in [0, 0.05) is 18.3 Å². The van der Waals surface area contributed by atoms with Gasteiger partial charge in [-0.15, -0.1) is 0 Å². The molecule has 0 aliphatic carbocycles. The maximum absolute atomic E-state index is 13.9. The van der Waals surface area contributed by atoms with E-state index in [0.29, 0.717) is 34.4 Å². The third-order valence-electron chi connectivity index (χ3n) is 6.86. The van der Waals surface area contributed by atoms with Gasteiger partial charge < -0.3 is 4.74 Å². The molecular weight excluding hydrogens is 544 g/mol. The van der Waals surface area contributed by atoms with Gasteiger partial charge in [0.1, 0.15) is 5.75 Å². The summed E-state index contributed by atoms with van der Waals surface area (Å²) in [5, 5.41) is 0.514. The summed E-state index contributed by atoms with van der Waals surface area (Å²) in [5.74, 6) is 0.405. The maximum Gasteiger partial charge on any atom is 0.264 e. The molecule has 2 aromatic heterocycles. The zero-order valence-electron chi connectivity index (χ0n) is 21.7. The standard InChI is InChI=1S/C30H26N4O4S2/c1-38-24-13-16-26-28(19-24)39-30(32-26)33(20-23-9-4-5-17-31-23)29(35)22-11-14-25(15-12-22)40(36,37)34-18-6-8-21-7-2-3-10-27(21)34/h2-5,7,9-17,19H,6,8,18,20H2,1H3. The number of carbonyl (C=O) groups excluding carboxylic acids is 1. The largest absolute Gasteiger partial charge is 0.497 e. The summed E-state index contributed by atoms with van der Waals surface area (Å²) in [4.78, 5) is 24.7. The van der Waals surface area contributed by atoms with Crippen LogP contribution in [0.25, 0.3) is 10.2 Å². The van der Waals surface area contributed by atoms with Crippen molar-refractivity contribution >= 4 is 48.3 Å². The van der Waals surface area contributed by atoms with E-state index in [1.165, 1.54) is 27.8 Å². The summed E-state index contributed by atoms with van der Waals surface area (Å²) in [6.07, 6.45) is 3.28. The number of pyridine rings is 1. The van der Waals surface area contributed by atoms with Crippen molar-refractivity contribution in [2.45, 2.75) is 24.3 Å². The van der Waals surface area contributed by atoms with Crippen LogP contribution in [-0.2, 0) is 23.0 Å². The van der Waals surface area contributed by atoms with Crippen LogP contribution >= 0.6 is 11.3 Å². The molecule has 0 fully saturated rings. The Kier molecular flexibility index (Phi) is 6.95. The number of fused-ring (bicyclic) bond motifs is 2. The van der Waals surface area contributed by atoms with Crippen molar-refractivity contribution in [1.82, 2.24) is 9.97 Å². The predicted molar refractivity (Wildman–Crippen MR) is 157 cm³/mol. The third kappa shape index (κ3) is 4.91. The Bertz CT molecular complexity index is 1790. The molecule has 0 unspecified atom stereocenters. The first kappa shape index (κ1) is 26.0. The van der Waals surface area contributed by atoms with Crippen LogP contribution in [0.1, 0.15) is 28.0 Å². The van der Waals surface area contributed by atoms with Crippen LogP contribution in [0.5, 0.6) is 5.75 Å². The number of aryl methyl sites for hydroxylation is 1. The smallest absolute Gasteiger partial charge is 0.264 e. The lowest BCUT2D eigenvalue weighted by Gasteiger charge is -2.30. The van der Waals surface area contributed by atoms with Crippen molar-refractivity contribution in [2.75, 3.05) is 22.9 Å². The van der Waals surface area contributed by atoms with E-state index < -0.39 is 10.0 Å². The van der Waals surface area contributed by atoms with E-state index in [2.05, 4.69) is 4.98 Å². The predicted octanol–water partition coefficient (Wildman–Crippen LogP) is 5.69. The van der Waals surface area contributed by atoms with Gasteiger partial charge in [-0.1, -0.05) is 35.6 Å². The highest BCUT2D eigenvalue weighted by molar-refractivity contribution is 7.92. The summed E-state index contributed by atoms with van der Waals surface area (Å²) >= 11 is 1.38. The highest BCUT2D eigenvalue weighted by Gasteiger charge is 2.29. The molecule has 3 heterocycles. The molecule has 40 heavy (non-hydrogen) atoms. The molecule has 202 valence electrons. The van der Waals surface area contributed by atoms with Crippen LogP contribution in [0.3, 0.4) is 0 Å². The van der Waals surface area contributed by atoms with Gasteiger partial charge in [0.25, 0.3) is 15.9 Å². The van der Waals surface area contributed by atoms with E-state index >= 15 is 0 Å². The third-order valence-corrected chi connectivity index (χ3v) is 9.73. The molecule has 0 spiro atoms. The number of anilines is 2. The number of carbonyl (C=O) groups is 1. The van der Waals surface area contributed by atoms with Crippen molar-refractivity contribution < 1.29 is 17.9 Å². The van der Waals surface area contributed by atoms with Gasteiger partial charge in [0.15, 0.2) is 5.13 Å². The SMILES string of the molecule is COc1ccc2nc(N(Cc3ccccn3)C(=O)c3ccc(S(=O)(=O)N4CCCc5ccccc54)cc3)sc2c1. The first-order valence-electron chi connectivity index (χ1n) is 12.8. The van der Waals surface area contributed by atoms with E-state index in [1.807, 2.05) is 60.7 Å². The molecule has 10 heteroatoms. The minimum absolute atomic E-state index is 0.143. The first-order chi connectivity index (χ1) is 19.4. The van der Waals surface area contributed by atoms with Crippen LogP contribution in [0.15, 0.2) is 96.0 Å². The topological polar surface area (TPSA) is 92.7 Å². The molecule has 1 aliphatic heterocycles. The molecular formula is C30H26N4O4S2. The summed E-state index contributed by atoms with van der Waals surface area (Å²) in [6.45, 7) is 0.627. The van der Waals surface area contributed by atoms with Crippen molar-refractivity contribution in [3.63, 3.8) is 0 Å². The van der Waals surface area contributed by atoms with Gasteiger partial charge in [-0.25, -0.2) is 13.4 Å². The number of aromatic nitrogens is 2. The number of hydrogen-bond donors (Lipinski definition) is 0. The first-order valence-corrected chi connectivity index (χ1v) is 15.1. The average Bonchev–Trinajstić information content (AvgIpc) is 3.43. The van der Waals surface area contributed by atoms with Gasteiger partial charge in [-0.3, -0.25) is 19.0 Å². The zero-order chi connectivity index (χ0) is 27.7. The van der Waals surface area contributed by atoms with E-state index in [-0.39, 0.29) is 17.3 Å². The van der Waals surface area contributed by atoms with Gasteiger partial charge >= 0.3 is 0 Å². The Morgan fingerprint density at radius 3 is 2.60 bits per heavy atom. The highest BCUT2D eigenvalue weighted by Crippen LogP contribution is 2.34. The number of rotatable bonds is 7. The minimum atomic E-state index is -3.79. The number of benzene rings is 3. The van der Waals surface area contributed by atoms with E-state index in [4.69, 9.17) is 9.72 Å². The fraction of sp³-hybridized carbons (Fsp3) is 0.167. The molecule has 8 nitrogen and oxygen atoms in total. The quantitative estimate of drug-likeness (QED) is 0.250. The fourth-order valence-electron chi connectivity index (χ4n) is 4.82. The Morgan fingerprint density at radius 2 is 1.82 bits per heavy atom. The summed E-state index contributed by atoms with van der Waals surface area (Å²) in [6, 6.07) is 24.8. The molecule has 3 aromatic carbocycles. The highest BCUT2D eigenvalue weighted by atomic mass is 32.2. The summed E-state index contributed by atoms with van der Waals surface area (Å²) in [5.41, 5.74) is 3.54. The number of amides is 1. The van der Waals surface area contributed by atoms with Gasteiger partial charge in [0.05, 0.1) is 40.1 Å². The monoisotopic (exact) mass is 570 g/mol. The lowest BCUT2D eigenvalue weighted by Crippen LogP contribution is -2.35. The van der Waals surface area contributed by atoms with E-state index in [1.54, 1.807) is 30.3 Å². The second-order valence-corrected chi connectivity index (χ2v) is 12.2. The molecule has 0 saturated carbocycles. The van der Waals surface area contributed by atoms with Gasteiger partial charge in [0.2, 0.25) is 0 Å². The van der Waals surface area contributed by atoms with E-state index in [9.17, 15) is 13.2 Å². The fourth-order valence-corrected chi connectivity index (χ4v) is 7.35. The zero-order valence-corrected chi connectivity index (χ0v) is 23.4. The normalized spacial score (nSPS) is 13.2. The number of hydrogen-bond acceptors (Lipinski definition) is 7. The molecule has 1 aliphatic rings. The van der Waals surface area contributed by atoms with Crippen molar-refractivity contribution in [1.29, 1.82) is 0 Å². The van der Waals surface area contributed by atoms with Crippen molar-refractivity contribution in [3.05, 3.63) is 108 Å². The number of methoxy groups -OCH3 is 1. The number of thiazole rings is 1. The molecule has 0 atom stereocenters. The number of ether oxygens (including phenoxy) is 1. The number of sulfonamides is 1. The number of para-hydroxylation sites is 1. The molecule has 0 bridgehead atoms. The van der Waals surface area contributed by atoms with Gasteiger partial charge in [-0.05, 0) is 79.1 Å². The van der Waals surface area contributed by atoms with Crippen LogP contribution in [0, 0.1) is 0 Å². The average molecular weight is 571 g/mol. The molecule has 6 rings (SSSR count). The Morgan fingerprint density at radius 1 is 1.02 bits per heavy atom. The molecule has 5 aromatic rings.